The molecule has 5 heteroatoms. The van der Waals surface area contributed by atoms with E-state index in [1.165, 1.54) is 0 Å². The summed E-state index contributed by atoms with van der Waals surface area (Å²) in [6, 6.07) is 3.50. The fourth-order valence-corrected chi connectivity index (χ4v) is 1.29. The molecule has 0 aliphatic rings. The highest BCUT2D eigenvalue weighted by Gasteiger charge is 2.05. The summed E-state index contributed by atoms with van der Waals surface area (Å²) in [6.45, 7) is 3.72. The lowest BCUT2D eigenvalue weighted by Crippen LogP contribution is -2.02. The van der Waals surface area contributed by atoms with Gasteiger partial charge in [-0.25, -0.2) is 9.97 Å². The maximum atomic E-state index is 5.65. The van der Waals surface area contributed by atoms with Crippen molar-refractivity contribution in [3.63, 3.8) is 0 Å². The van der Waals surface area contributed by atoms with Gasteiger partial charge in [-0.3, -0.25) is 0 Å². The first-order chi connectivity index (χ1) is 6.66. The molecule has 0 aromatic carbocycles. The van der Waals surface area contributed by atoms with Crippen molar-refractivity contribution >= 4 is 5.69 Å². The standard InChI is InChI=1S/C9H11N5/c1-6-12-7(2)14(13-6)9-5-8(10)3-4-11-9/h3-5H,1-2H3,(H2,10,11). The highest BCUT2D eigenvalue weighted by molar-refractivity contribution is 5.42. The summed E-state index contributed by atoms with van der Waals surface area (Å²) in [5, 5.41) is 4.21. The Morgan fingerprint density at radius 2 is 2.14 bits per heavy atom. The van der Waals surface area contributed by atoms with Crippen molar-refractivity contribution in [3.05, 3.63) is 30.0 Å². The summed E-state index contributed by atoms with van der Waals surface area (Å²) in [5.74, 6) is 2.23. The van der Waals surface area contributed by atoms with E-state index in [1.807, 2.05) is 13.8 Å². The van der Waals surface area contributed by atoms with Crippen LogP contribution in [0.1, 0.15) is 11.6 Å². The van der Waals surface area contributed by atoms with Crippen LogP contribution in [0.4, 0.5) is 5.69 Å². The predicted octanol–water partition coefficient (Wildman–Crippen LogP) is 0.861. The van der Waals surface area contributed by atoms with Crippen molar-refractivity contribution in [2.75, 3.05) is 5.73 Å². The topological polar surface area (TPSA) is 69.6 Å². The Hall–Kier alpha value is -1.91. The molecule has 0 aliphatic heterocycles. The number of aryl methyl sites for hydroxylation is 2. The number of nitrogen functional groups attached to an aromatic ring is 1. The van der Waals surface area contributed by atoms with E-state index in [0.717, 1.165) is 11.6 Å². The number of nitrogens with zero attached hydrogens (tertiary/aromatic N) is 4. The van der Waals surface area contributed by atoms with Gasteiger partial charge in [0.1, 0.15) is 11.6 Å². The van der Waals surface area contributed by atoms with Gasteiger partial charge in [-0.05, 0) is 19.9 Å². The van der Waals surface area contributed by atoms with Gasteiger partial charge in [-0.2, -0.15) is 4.68 Å². The van der Waals surface area contributed by atoms with Crippen LogP contribution in [0.25, 0.3) is 5.82 Å². The second kappa shape index (κ2) is 3.10. The minimum Gasteiger partial charge on any atom is -0.399 e. The molecule has 2 N–H and O–H groups in total. The Morgan fingerprint density at radius 1 is 1.36 bits per heavy atom. The molecule has 0 saturated heterocycles. The van der Waals surface area contributed by atoms with Gasteiger partial charge < -0.3 is 5.73 Å². The number of rotatable bonds is 1. The molecule has 5 nitrogen and oxygen atoms in total. The first kappa shape index (κ1) is 8.68. The maximum absolute atomic E-state index is 5.65. The van der Waals surface area contributed by atoms with Crippen molar-refractivity contribution in [1.82, 2.24) is 19.7 Å². The van der Waals surface area contributed by atoms with E-state index >= 15 is 0 Å². The smallest absolute Gasteiger partial charge is 0.157 e. The molecule has 2 heterocycles. The number of pyridine rings is 1. The van der Waals surface area contributed by atoms with Crippen molar-refractivity contribution in [3.8, 4) is 5.82 Å². The molecule has 0 bridgehead atoms. The van der Waals surface area contributed by atoms with E-state index in [9.17, 15) is 0 Å². The number of hydrogen-bond acceptors (Lipinski definition) is 4. The lowest BCUT2D eigenvalue weighted by Gasteiger charge is -2.01. The molecule has 0 spiro atoms. The number of nitrogens with two attached hydrogens (primary N) is 1. The van der Waals surface area contributed by atoms with E-state index in [1.54, 1.807) is 23.0 Å². The van der Waals surface area contributed by atoms with Crippen molar-refractivity contribution in [2.45, 2.75) is 13.8 Å². The monoisotopic (exact) mass is 189 g/mol. The first-order valence-corrected chi connectivity index (χ1v) is 4.29. The molecule has 0 fully saturated rings. The van der Waals surface area contributed by atoms with Crippen molar-refractivity contribution in [1.29, 1.82) is 0 Å². The van der Waals surface area contributed by atoms with Gasteiger partial charge in [0.25, 0.3) is 0 Å². The van der Waals surface area contributed by atoms with Gasteiger partial charge in [0.05, 0.1) is 0 Å². The van der Waals surface area contributed by atoms with Crippen LogP contribution in [0.2, 0.25) is 0 Å². The fraction of sp³-hybridized carbons (Fsp3) is 0.222. The van der Waals surface area contributed by atoms with E-state index in [0.29, 0.717) is 11.5 Å². The van der Waals surface area contributed by atoms with Gasteiger partial charge in [0.2, 0.25) is 0 Å². The van der Waals surface area contributed by atoms with Crippen LogP contribution in [0.3, 0.4) is 0 Å². The van der Waals surface area contributed by atoms with Gasteiger partial charge in [-0.1, -0.05) is 0 Å². The van der Waals surface area contributed by atoms with E-state index < -0.39 is 0 Å². The largest absolute Gasteiger partial charge is 0.399 e. The summed E-state index contributed by atoms with van der Waals surface area (Å²) in [7, 11) is 0. The molecule has 2 aromatic heterocycles. The third kappa shape index (κ3) is 1.44. The Morgan fingerprint density at radius 3 is 2.71 bits per heavy atom. The molecule has 0 radical (unpaired) electrons. The average Bonchev–Trinajstić information content (AvgIpc) is 2.45. The zero-order valence-electron chi connectivity index (χ0n) is 8.10. The van der Waals surface area contributed by atoms with Gasteiger partial charge in [-0.15, -0.1) is 5.10 Å². The molecule has 0 amide bonds. The molecular formula is C9H11N5. The predicted molar refractivity (Wildman–Crippen MR) is 53.0 cm³/mol. The van der Waals surface area contributed by atoms with Crippen LogP contribution in [0.5, 0.6) is 0 Å². The van der Waals surface area contributed by atoms with Gasteiger partial charge in [0.15, 0.2) is 5.82 Å². The quantitative estimate of drug-likeness (QED) is 0.722. The molecule has 72 valence electrons. The normalized spacial score (nSPS) is 10.4. The van der Waals surface area contributed by atoms with Crippen LogP contribution < -0.4 is 5.73 Å². The van der Waals surface area contributed by atoms with Gasteiger partial charge >= 0.3 is 0 Å². The highest BCUT2D eigenvalue weighted by Crippen LogP contribution is 2.09. The Balaban J connectivity index is 2.54. The highest BCUT2D eigenvalue weighted by atomic mass is 15.4. The molecule has 0 aliphatic carbocycles. The summed E-state index contributed by atoms with van der Waals surface area (Å²) in [4.78, 5) is 8.35. The summed E-state index contributed by atoms with van der Waals surface area (Å²) in [6.07, 6.45) is 1.65. The number of aromatic nitrogens is 4. The average molecular weight is 189 g/mol. The Kier molecular flexibility index (Phi) is 1.92. The zero-order chi connectivity index (χ0) is 10.1. The molecule has 2 rings (SSSR count). The van der Waals surface area contributed by atoms with Crippen LogP contribution in [-0.4, -0.2) is 19.7 Å². The molecule has 14 heavy (non-hydrogen) atoms. The lowest BCUT2D eigenvalue weighted by molar-refractivity contribution is 0.804. The molecular weight excluding hydrogens is 178 g/mol. The summed E-state index contributed by atoms with van der Waals surface area (Å²) < 4.78 is 1.67. The lowest BCUT2D eigenvalue weighted by atomic mass is 10.4. The number of hydrogen-bond donors (Lipinski definition) is 1. The third-order valence-corrected chi connectivity index (χ3v) is 1.86. The van der Waals surface area contributed by atoms with Crippen LogP contribution in [0, 0.1) is 13.8 Å². The molecule has 0 unspecified atom stereocenters. The van der Waals surface area contributed by atoms with Crippen LogP contribution >= 0.6 is 0 Å². The number of anilines is 1. The Bertz CT molecular complexity index is 460. The third-order valence-electron chi connectivity index (χ3n) is 1.86. The van der Waals surface area contributed by atoms with Crippen molar-refractivity contribution in [2.24, 2.45) is 0 Å². The van der Waals surface area contributed by atoms with E-state index in [-0.39, 0.29) is 0 Å². The Labute approximate surface area is 81.6 Å². The minimum atomic E-state index is 0.669. The van der Waals surface area contributed by atoms with Crippen molar-refractivity contribution < 1.29 is 0 Å². The van der Waals surface area contributed by atoms with Crippen LogP contribution in [-0.2, 0) is 0 Å². The second-order valence-corrected chi connectivity index (χ2v) is 3.07. The first-order valence-electron chi connectivity index (χ1n) is 4.29. The summed E-state index contributed by atoms with van der Waals surface area (Å²) >= 11 is 0. The van der Waals surface area contributed by atoms with Gasteiger partial charge in [0, 0.05) is 18.0 Å². The van der Waals surface area contributed by atoms with E-state index in [4.69, 9.17) is 5.73 Å². The molecule has 0 saturated carbocycles. The fourth-order valence-electron chi connectivity index (χ4n) is 1.29. The van der Waals surface area contributed by atoms with E-state index in [2.05, 4.69) is 15.1 Å². The molecule has 0 atom stereocenters. The molecule has 2 aromatic rings. The SMILES string of the molecule is Cc1nc(C)n(-c2cc(N)ccn2)n1. The minimum absolute atomic E-state index is 0.669. The maximum Gasteiger partial charge on any atom is 0.157 e. The summed E-state index contributed by atoms with van der Waals surface area (Å²) in [5.41, 5.74) is 6.32. The second-order valence-electron chi connectivity index (χ2n) is 3.07. The van der Waals surface area contributed by atoms with Crippen LogP contribution in [0.15, 0.2) is 18.3 Å². The zero-order valence-corrected chi connectivity index (χ0v) is 8.10.